The summed E-state index contributed by atoms with van der Waals surface area (Å²) in [4.78, 5) is 15.5. The van der Waals surface area contributed by atoms with E-state index < -0.39 is 11.8 Å². The Morgan fingerprint density at radius 2 is 2.14 bits per heavy atom. The van der Waals surface area contributed by atoms with Gasteiger partial charge in [0.25, 0.3) is 0 Å². The number of carbonyl (C=O) groups is 1. The molecule has 0 amide bonds. The van der Waals surface area contributed by atoms with E-state index in [9.17, 15) is 14.3 Å². The van der Waals surface area contributed by atoms with Gasteiger partial charge in [-0.3, -0.25) is 4.57 Å². The first-order valence-corrected chi connectivity index (χ1v) is 6.01. The molecule has 0 aliphatic heterocycles. The minimum atomic E-state index is -1.09. The van der Waals surface area contributed by atoms with Crippen LogP contribution in [0, 0.1) is 17.1 Å². The van der Waals surface area contributed by atoms with Gasteiger partial charge < -0.3 is 5.11 Å². The van der Waals surface area contributed by atoms with E-state index in [1.54, 1.807) is 12.1 Å². The zero-order chi connectivity index (χ0) is 15.0. The Kier molecular flexibility index (Phi) is 2.88. The van der Waals surface area contributed by atoms with Gasteiger partial charge in [-0.2, -0.15) is 5.26 Å². The van der Waals surface area contributed by atoms with Crippen molar-refractivity contribution in [2.45, 2.75) is 0 Å². The SMILES string of the molecule is N#Cc1cc(F)ccc1-n1cnc2cccc(C(=O)O)c21. The Hall–Kier alpha value is -3.20. The second-order valence-corrected chi connectivity index (χ2v) is 4.37. The van der Waals surface area contributed by atoms with Gasteiger partial charge in [-0.25, -0.2) is 14.2 Å². The summed E-state index contributed by atoms with van der Waals surface area (Å²) in [7, 11) is 0. The van der Waals surface area contributed by atoms with Crippen LogP contribution in [-0.4, -0.2) is 20.6 Å². The lowest BCUT2D eigenvalue weighted by atomic mass is 10.1. The molecule has 1 aromatic heterocycles. The summed E-state index contributed by atoms with van der Waals surface area (Å²) in [6.07, 6.45) is 1.42. The number of carboxylic acid groups (broad SMARTS) is 1. The highest BCUT2D eigenvalue weighted by Gasteiger charge is 2.16. The molecule has 6 heteroatoms. The molecule has 0 spiro atoms. The molecule has 0 bridgehead atoms. The lowest BCUT2D eigenvalue weighted by Gasteiger charge is -2.08. The van der Waals surface area contributed by atoms with Gasteiger partial charge in [-0.15, -0.1) is 0 Å². The Balaban J connectivity index is 2.37. The van der Waals surface area contributed by atoms with Gasteiger partial charge in [0.15, 0.2) is 0 Å². The van der Waals surface area contributed by atoms with Gasteiger partial charge in [-0.1, -0.05) is 6.07 Å². The fourth-order valence-corrected chi connectivity index (χ4v) is 2.23. The predicted octanol–water partition coefficient (Wildman–Crippen LogP) is 2.73. The van der Waals surface area contributed by atoms with E-state index in [0.717, 1.165) is 6.07 Å². The second kappa shape index (κ2) is 4.72. The number of aromatic carboxylic acids is 1. The number of imidazole rings is 1. The number of benzene rings is 2. The highest BCUT2D eigenvalue weighted by Crippen LogP contribution is 2.24. The number of para-hydroxylation sites is 1. The van der Waals surface area contributed by atoms with Crippen LogP contribution in [0.15, 0.2) is 42.7 Å². The van der Waals surface area contributed by atoms with Crippen LogP contribution in [0.25, 0.3) is 16.7 Å². The number of hydrogen-bond acceptors (Lipinski definition) is 3. The smallest absolute Gasteiger partial charge is 0.337 e. The molecule has 3 rings (SSSR count). The van der Waals surface area contributed by atoms with Crippen molar-refractivity contribution >= 4 is 17.0 Å². The van der Waals surface area contributed by atoms with Crippen molar-refractivity contribution in [1.29, 1.82) is 5.26 Å². The standard InChI is InChI=1S/C15H8FN3O2/c16-10-4-5-13(9(6-10)7-17)19-8-18-12-3-1-2-11(14(12)19)15(20)21/h1-6,8H,(H,20,21). The quantitative estimate of drug-likeness (QED) is 0.783. The monoisotopic (exact) mass is 281 g/mol. The third-order valence-corrected chi connectivity index (χ3v) is 3.14. The Labute approximate surface area is 118 Å². The van der Waals surface area contributed by atoms with Crippen molar-refractivity contribution in [3.63, 3.8) is 0 Å². The molecule has 1 heterocycles. The predicted molar refractivity (Wildman–Crippen MR) is 72.7 cm³/mol. The van der Waals surface area contributed by atoms with Crippen LogP contribution in [0.5, 0.6) is 0 Å². The molecule has 0 aliphatic rings. The average molecular weight is 281 g/mol. The van der Waals surface area contributed by atoms with Crippen LogP contribution in [0.4, 0.5) is 4.39 Å². The number of aromatic nitrogens is 2. The molecule has 102 valence electrons. The highest BCUT2D eigenvalue weighted by molar-refractivity contribution is 6.01. The first-order chi connectivity index (χ1) is 10.1. The van der Waals surface area contributed by atoms with E-state index in [1.807, 2.05) is 6.07 Å². The third kappa shape index (κ3) is 2.01. The van der Waals surface area contributed by atoms with Crippen molar-refractivity contribution < 1.29 is 14.3 Å². The van der Waals surface area contributed by atoms with E-state index >= 15 is 0 Å². The summed E-state index contributed by atoms with van der Waals surface area (Å²) in [6, 6.07) is 10.4. The fourth-order valence-electron chi connectivity index (χ4n) is 2.23. The third-order valence-electron chi connectivity index (χ3n) is 3.14. The molecule has 0 atom stereocenters. The minimum Gasteiger partial charge on any atom is -0.478 e. The largest absolute Gasteiger partial charge is 0.478 e. The van der Waals surface area contributed by atoms with E-state index in [2.05, 4.69) is 4.98 Å². The van der Waals surface area contributed by atoms with E-state index in [1.165, 1.54) is 29.1 Å². The molecule has 3 aromatic rings. The lowest BCUT2D eigenvalue weighted by Crippen LogP contribution is -2.03. The molecule has 0 aliphatic carbocycles. The number of carboxylic acids is 1. The molecule has 0 saturated carbocycles. The number of nitriles is 1. The Bertz CT molecular complexity index is 909. The number of halogens is 1. The highest BCUT2D eigenvalue weighted by atomic mass is 19.1. The molecule has 0 unspecified atom stereocenters. The molecule has 1 N–H and O–H groups in total. The van der Waals surface area contributed by atoms with Crippen molar-refractivity contribution in [1.82, 2.24) is 9.55 Å². The average Bonchev–Trinajstić information content (AvgIpc) is 2.90. The van der Waals surface area contributed by atoms with Crippen LogP contribution in [0.3, 0.4) is 0 Å². The summed E-state index contributed by atoms with van der Waals surface area (Å²) in [5, 5.41) is 18.4. The second-order valence-electron chi connectivity index (χ2n) is 4.37. The summed E-state index contributed by atoms with van der Waals surface area (Å²) < 4.78 is 14.7. The van der Waals surface area contributed by atoms with Crippen LogP contribution >= 0.6 is 0 Å². The first kappa shape index (κ1) is 12.8. The molecule has 2 aromatic carbocycles. The van der Waals surface area contributed by atoms with Gasteiger partial charge in [0.2, 0.25) is 0 Å². The molecule has 0 radical (unpaired) electrons. The fraction of sp³-hybridized carbons (Fsp3) is 0. The molecule has 0 saturated heterocycles. The van der Waals surface area contributed by atoms with Crippen molar-refractivity contribution in [2.24, 2.45) is 0 Å². The summed E-state index contributed by atoms with van der Waals surface area (Å²) >= 11 is 0. The zero-order valence-electron chi connectivity index (χ0n) is 10.6. The van der Waals surface area contributed by atoms with E-state index in [4.69, 9.17) is 5.26 Å². The lowest BCUT2D eigenvalue weighted by molar-refractivity contribution is 0.0698. The maximum absolute atomic E-state index is 13.2. The van der Waals surface area contributed by atoms with E-state index in [-0.39, 0.29) is 11.1 Å². The molecule has 5 nitrogen and oxygen atoms in total. The van der Waals surface area contributed by atoms with Crippen LogP contribution in [0.2, 0.25) is 0 Å². The number of nitrogens with zero attached hydrogens (tertiary/aromatic N) is 3. The zero-order valence-corrected chi connectivity index (χ0v) is 10.6. The molecule has 21 heavy (non-hydrogen) atoms. The normalized spacial score (nSPS) is 10.5. The summed E-state index contributed by atoms with van der Waals surface area (Å²) in [6.45, 7) is 0. The van der Waals surface area contributed by atoms with Crippen LogP contribution < -0.4 is 0 Å². The van der Waals surface area contributed by atoms with Crippen molar-refractivity contribution in [2.75, 3.05) is 0 Å². The van der Waals surface area contributed by atoms with Gasteiger partial charge in [0.05, 0.1) is 27.8 Å². The Morgan fingerprint density at radius 1 is 1.33 bits per heavy atom. The van der Waals surface area contributed by atoms with Crippen LogP contribution in [0.1, 0.15) is 15.9 Å². The summed E-state index contributed by atoms with van der Waals surface area (Å²) in [5.74, 6) is -1.62. The molecular formula is C15H8FN3O2. The molecule has 0 fully saturated rings. The van der Waals surface area contributed by atoms with Gasteiger partial charge in [-0.05, 0) is 30.3 Å². The first-order valence-electron chi connectivity index (χ1n) is 6.01. The van der Waals surface area contributed by atoms with E-state index in [0.29, 0.717) is 16.7 Å². The number of fused-ring (bicyclic) bond motifs is 1. The summed E-state index contributed by atoms with van der Waals surface area (Å²) in [5.41, 5.74) is 1.42. The van der Waals surface area contributed by atoms with Gasteiger partial charge >= 0.3 is 5.97 Å². The number of rotatable bonds is 2. The Morgan fingerprint density at radius 3 is 2.86 bits per heavy atom. The van der Waals surface area contributed by atoms with Gasteiger partial charge in [0, 0.05) is 0 Å². The van der Waals surface area contributed by atoms with Crippen LogP contribution in [-0.2, 0) is 0 Å². The maximum atomic E-state index is 13.2. The number of hydrogen-bond donors (Lipinski definition) is 1. The van der Waals surface area contributed by atoms with Crippen molar-refractivity contribution in [3.8, 4) is 11.8 Å². The maximum Gasteiger partial charge on any atom is 0.337 e. The molecular weight excluding hydrogens is 273 g/mol. The topological polar surface area (TPSA) is 78.9 Å². The minimum absolute atomic E-state index is 0.0678. The van der Waals surface area contributed by atoms with Crippen molar-refractivity contribution in [3.05, 3.63) is 59.7 Å². The van der Waals surface area contributed by atoms with Gasteiger partial charge in [0.1, 0.15) is 18.2 Å².